The second-order valence-corrected chi connectivity index (χ2v) is 6.26. The van der Waals surface area contributed by atoms with Gasteiger partial charge in [0, 0.05) is 31.0 Å². The van der Waals surface area contributed by atoms with Crippen LogP contribution in [0.3, 0.4) is 0 Å². The van der Waals surface area contributed by atoms with E-state index in [2.05, 4.69) is 10.1 Å². The van der Waals surface area contributed by atoms with Crippen LogP contribution in [0.25, 0.3) is 16.8 Å². The maximum Gasteiger partial charge on any atom is 0.206 e. The first kappa shape index (κ1) is 15.8. The molecule has 0 N–H and O–H groups in total. The fourth-order valence-electron chi connectivity index (χ4n) is 3.38. The van der Waals surface area contributed by atoms with E-state index in [-0.39, 0.29) is 29.0 Å². The van der Waals surface area contributed by atoms with Crippen LogP contribution in [-0.2, 0) is 4.74 Å². The molecule has 1 aliphatic rings. The molecule has 0 saturated carbocycles. The largest absolute Gasteiger partial charge is 0.372 e. The summed E-state index contributed by atoms with van der Waals surface area (Å²) in [5, 5.41) is 4.37. The molecule has 1 fully saturated rings. The number of hydrogen-bond acceptors (Lipinski definition) is 6. The summed E-state index contributed by atoms with van der Waals surface area (Å²) >= 11 is 0. The van der Waals surface area contributed by atoms with E-state index in [1.165, 1.54) is 6.33 Å². The standard InChI is InChI=1S/C17H17FN4O3/c1-10-6-22(7-11(2)24-10)15-12(8-23)5-13-16(14(15)18)25-20-17(13)21-4-3-19-9-21/h3-5,8-11H,6-7H2,1-2H3/t10-,11+. The van der Waals surface area contributed by atoms with Crippen LogP contribution in [0.1, 0.15) is 24.2 Å². The van der Waals surface area contributed by atoms with Crippen LogP contribution in [0.15, 0.2) is 29.3 Å². The Balaban J connectivity index is 1.88. The molecule has 25 heavy (non-hydrogen) atoms. The predicted octanol–water partition coefficient (Wildman–Crippen LogP) is 2.58. The molecular formula is C17H17FN4O3. The molecule has 0 bridgehead atoms. The highest BCUT2D eigenvalue weighted by Crippen LogP contribution is 2.35. The number of benzene rings is 1. The Kier molecular flexibility index (Phi) is 3.76. The van der Waals surface area contributed by atoms with E-state index in [0.717, 1.165) is 0 Å². The summed E-state index contributed by atoms with van der Waals surface area (Å²) in [7, 11) is 0. The Labute approximate surface area is 143 Å². The average Bonchev–Trinajstić information content (AvgIpc) is 3.22. The minimum Gasteiger partial charge on any atom is -0.372 e. The zero-order valence-corrected chi connectivity index (χ0v) is 13.8. The van der Waals surface area contributed by atoms with Gasteiger partial charge in [-0.05, 0) is 19.9 Å². The Morgan fingerprint density at radius 1 is 1.32 bits per heavy atom. The third kappa shape index (κ3) is 2.58. The quantitative estimate of drug-likeness (QED) is 0.680. The smallest absolute Gasteiger partial charge is 0.206 e. The molecular weight excluding hydrogens is 327 g/mol. The van der Waals surface area contributed by atoms with E-state index in [9.17, 15) is 4.79 Å². The minimum absolute atomic E-state index is 0.0242. The Hall–Kier alpha value is -2.74. The van der Waals surface area contributed by atoms with Crippen molar-refractivity contribution in [2.75, 3.05) is 18.0 Å². The highest BCUT2D eigenvalue weighted by molar-refractivity contribution is 5.97. The molecule has 0 radical (unpaired) electrons. The third-order valence-electron chi connectivity index (χ3n) is 4.30. The third-order valence-corrected chi connectivity index (χ3v) is 4.30. The maximum absolute atomic E-state index is 15.2. The lowest BCUT2D eigenvalue weighted by atomic mass is 10.1. The number of ether oxygens (including phenoxy) is 1. The van der Waals surface area contributed by atoms with Gasteiger partial charge in [-0.25, -0.2) is 9.37 Å². The van der Waals surface area contributed by atoms with E-state index in [1.54, 1.807) is 23.0 Å². The van der Waals surface area contributed by atoms with Gasteiger partial charge in [0.15, 0.2) is 17.9 Å². The van der Waals surface area contributed by atoms with Gasteiger partial charge in [0.05, 0.1) is 23.3 Å². The van der Waals surface area contributed by atoms with Crippen molar-refractivity contribution >= 4 is 22.9 Å². The van der Waals surface area contributed by atoms with Crippen molar-refractivity contribution in [3.05, 3.63) is 36.2 Å². The molecule has 1 aromatic carbocycles. The van der Waals surface area contributed by atoms with Crippen molar-refractivity contribution in [3.8, 4) is 5.82 Å². The van der Waals surface area contributed by atoms with Crippen LogP contribution >= 0.6 is 0 Å². The maximum atomic E-state index is 15.2. The van der Waals surface area contributed by atoms with Crippen molar-refractivity contribution < 1.29 is 18.4 Å². The topological polar surface area (TPSA) is 73.4 Å². The van der Waals surface area contributed by atoms with E-state index >= 15 is 4.39 Å². The summed E-state index contributed by atoms with van der Waals surface area (Å²) in [6.07, 6.45) is 5.34. The number of rotatable bonds is 3. The van der Waals surface area contributed by atoms with Crippen LogP contribution in [-0.4, -0.2) is 46.3 Å². The second kappa shape index (κ2) is 5.96. The summed E-state index contributed by atoms with van der Waals surface area (Å²) in [4.78, 5) is 17.4. The van der Waals surface area contributed by atoms with Crippen LogP contribution < -0.4 is 4.90 Å². The minimum atomic E-state index is -0.584. The van der Waals surface area contributed by atoms with Gasteiger partial charge in [0.25, 0.3) is 0 Å². The van der Waals surface area contributed by atoms with Crippen LogP contribution in [0.2, 0.25) is 0 Å². The number of fused-ring (bicyclic) bond motifs is 1. The molecule has 1 saturated heterocycles. The molecule has 3 aromatic rings. The fraction of sp³-hybridized carbons (Fsp3) is 0.353. The number of morpholine rings is 1. The molecule has 8 heteroatoms. The summed E-state index contributed by atoms with van der Waals surface area (Å²) in [5.74, 6) is -0.190. The zero-order chi connectivity index (χ0) is 17.6. The van der Waals surface area contributed by atoms with Gasteiger partial charge in [-0.1, -0.05) is 5.16 Å². The number of carbonyl (C=O) groups is 1. The molecule has 2 atom stereocenters. The Morgan fingerprint density at radius 3 is 2.72 bits per heavy atom. The van der Waals surface area contributed by atoms with Crippen molar-refractivity contribution in [3.63, 3.8) is 0 Å². The van der Waals surface area contributed by atoms with Crippen LogP contribution in [0.5, 0.6) is 0 Å². The summed E-state index contributed by atoms with van der Waals surface area (Å²) in [6.45, 7) is 4.84. The average molecular weight is 344 g/mol. The molecule has 0 unspecified atom stereocenters. The molecule has 130 valence electrons. The highest BCUT2D eigenvalue weighted by Gasteiger charge is 2.29. The lowest BCUT2D eigenvalue weighted by Crippen LogP contribution is -2.46. The van der Waals surface area contributed by atoms with Gasteiger partial charge in [-0.15, -0.1) is 0 Å². The zero-order valence-electron chi connectivity index (χ0n) is 13.8. The van der Waals surface area contributed by atoms with Crippen molar-refractivity contribution in [1.29, 1.82) is 0 Å². The van der Waals surface area contributed by atoms with E-state index in [0.29, 0.717) is 30.6 Å². The van der Waals surface area contributed by atoms with E-state index in [1.807, 2.05) is 18.7 Å². The molecule has 7 nitrogen and oxygen atoms in total. The summed E-state index contributed by atoms with van der Waals surface area (Å²) in [5.41, 5.74) is 0.518. The summed E-state index contributed by atoms with van der Waals surface area (Å²) in [6, 6.07) is 1.61. The van der Waals surface area contributed by atoms with Gasteiger partial charge < -0.3 is 14.2 Å². The number of aromatic nitrogens is 3. The monoisotopic (exact) mass is 344 g/mol. The van der Waals surface area contributed by atoms with Crippen LogP contribution in [0.4, 0.5) is 10.1 Å². The van der Waals surface area contributed by atoms with E-state index in [4.69, 9.17) is 9.26 Å². The lowest BCUT2D eigenvalue weighted by Gasteiger charge is -2.37. The van der Waals surface area contributed by atoms with Crippen LogP contribution in [0, 0.1) is 5.82 Å². The normalized spacial score (nSPS) is 21.0. The number of halogens is 1. The fourth-order valence-corrected chi connectivity index (χ4v) is 3.38. The Morgan fingerprint density at radius 2 is 2.08 bits per heavy atom. The molecule has 1 aliphatic heterocycles. The highest BCUT2D eigenvalue weighted by atomic mass is 19.1. The number of aldehydes is 1. The number of carbonyl (C=O) groups excluding carboxylic acids is 1. The predicted molar refractivity (Wildman–Crippen MR) is 88.7 cm³/mol. The molecule has 0 aliphatic carbocycles. The second-order valence-electron chi connectivity index (χ2n) is 6.26. The summed E-state index contributed by atoms with van der Waals surface area (Å²) < 4.78 is 27.8. The molecule has 0 spiro atoms. The molecule has 3 heterocycles. The Bertz CT molecular complexity index is 912. The van der Waals surface area contributed by atoms with Crippen molar-refractivity contribution in [1.82, 2.24) is 14.7 Å². The SMILES string of the molecule is C[C@@H]1CN(c2c(C=O)cc3c(-n4ccnc4)noc3c2F)C[C@H](C)O1. The first-order valence-corrected chi connectivity index (χ1v) is 8.04. The van der Waals surface area contributed by atoms with Gasteiger partial charge >= 0.3 is 0 Å². The van der Waals surface area contributed by atoms with E-state index < -0.39 is 5.82 Å². The van der Waals surface area contributed by atoms with Gasteiger partial charge in [-0.3, -0.25) is 9.36 Å². The molecule has 2 aromatic heterocycles. The number of nitrogens with zero attached hydrogens (tertiary/aromatic N) is 4. The lowest BCUT2D eigenvalue weighted by molar-refractivity contribution is -0.00543. The van der Waals surface area contributed by atoms with Crippen molar-refractivity contribution in [2.24, 2.45) is 0 Å². The van der Waals surface area contributed by atoms with Gasteiger partial charge in [0.1, 0.15) is 6.33 Å². The number of imidazole rings is 1. The number of hydrogen-bond donors (Lipinski definition) is 0. The van der Waals surface area contributed by atoms with Gasteiger partial charge in [-0.2, -0.15) is 0 Å². The van der Waals surface area contributed by atoms with Gasteiger partial charge in [0.2, 0.25) is 5.58 Å². The van der Waals surface area contributed by atoms with Crippen molar-refractivity contribution in [2.45, 2.75) is 26.1 Å². The molecule has 4 rings (SSSR count). The molecule has 0 amide bonds. The first-order chi connectivity index (χ1) is 12.1. The number of anilines is 1. The first-order valence-electron chi connectivity index (χ1n) is 8.04.